The molecule has 0 saturated carbocycles. The van der Waals surface area contributed by atoms with E-state index in [-0.39, 0.29) is 5.38 Å². The molecule has 2 unspecified atom stereocenters. The zero-order chi connectivity index (χ0) is 17.2. The van der Waals surface area contributed by atoms with Crippen LogP contribution in [0.1, 0.15) is 24.0 Å². The quantitative estimate of drug-likeness (QED) is 0.555. The van der Waals surface area contributed by atoms with Gasteiger partial charge in [0.2, 0.25) is 0 Å². The number of thioether (sulfide) groups is 1. The summed E-state index contributed by atoms with van der Waals surface area (Å²) < 4.78 is 0. The highest BCUT2D eigenvalue weighted by Gasteiger charge is 2.24. The number of aryl methyl sites for hydroxylation is 1. The predicted molar refractivity (Wildman–Crippen MR) is 110 cm³/mol. The van der Waals surface area contributed by atoms with Crippen molar-refractivity contribution in [1.29, 1.82) is 0 Å². The Bertz CT molecular complexity index is 864. The zero-order valence-corrected chi connectivity index (χ0v) is 15.7. The molecule has 3 heteroatoms. The summed E-state index contributed by atoms with van der Waals surface area (Å²) in [7, 11) is 0. The zero-order valence-electron chi connectivity index (χ0n) is 14.2. The van der Waals surface area contributed by atoms with Crippen LogP contribution in [0.5, 0.6) is 0 Å². The molecule has 1 heterocycles. The van der Waals surface area contributed by atoms with Gasteiger partial charge in [0.25, 0.3) is 0 Å². The van der Waals surface area contributed by atoms with E-state index in [1.54, 1.807) is 0 Å². The van der Waals surface area contributed by atoms with Crippen molar-refractivity contribution in [2.24, 2.45) is 4.99 Å². The van der Waals surface area contributed by atoms with Gasteiger partial charge in [-0.2, -0.15) is 0 Å². The van der Waals surface area contributed by atoms with Gasteiger partial charge < -0.3 is 0 Å². The second kappa shape index (κ2) is 7.23. The van der Waals surface area contributed by atoms with Crippen molar-refractivity contribution in [1.82, 2.24) is 0 Å². The van der Waals surface area contributed by atoms with E-state index in [2.05, 4.69) is 73.7 Å². The lowest BCUT2D eigenvalue weighted by molar-refractivity contribution is 0.974. The van der Waals surface area contributed by atoms with Crippen LogP contribution in [-0.4, -0.2) is 16.3 Å². The summed E-state index contributed by atoms with van der Waals surface area (Å²) >= 11 is 8.12. The molecule has 1 aliphatic heterocycles. The van der Waals surface area contributed by atoms with Crippen LogP contribution in [0.4, 0.5) is 5.69 Å². The summed E-state index contributed by atoms with van der Waals surface area (Å²) in [5.41, 5.74) is 6.07. The van der Waals surface area contributed by atoms with Gasteiger partial charge in [-0.25, -0.2) is 0 Å². The Morgan fingerprint density at radius 3 is 2.64 bits per heavy atom. The third kappa shape index (κ3) is 3.75. The molecule has 1 nitrogen and oxygen atoms in total. The molecule has 0 amide bonds. The standard InChI is InChI=1S/C22H20ClNS/c1-15-6-8-16(9-7-15)20-14-22(17-10-12-18(23)13-11-17)25-21-5-3-2-4-19(21)24-20/h2-12,18,22H,13-14H2,1H3. The average molecular weight is 366 g/mol. The number of fused-ring (bicyclic) bond motifs is 1. The molecular weight excluding hydrogens is 346 g/mol. The van der Waals surface area contributed by atoms with Gasteiger partial charge in [0, 0.05) is 22.3 Å². The number of nitrogens with zero attached hydrogens (tertiary/aromatic N) is 1. The lowest BCUT2D eigenvalue weighted by Gasteiger charge is -2.20. The normalized spacial score (nSPS) is 22.6. The minimum absolute atomic E-state index is 0.122. The largest absolute Gasteiger partial charge is 0.252 e. The molecule has 2 aromatic carbocycles. The van der Waals surface area contributed by atoms with E-state index in [0.717, 1.165) is 24.2 Å². The minimum atomic E-state index is 0.122. The summed E-state index contributed by atoms with van der Waals surface area (Å²) in [6.45, 7) is 2.12. The molecule has 25 heavy (non-hydrogen) atoms. The van der Waals surface area contributed by atoms with E-state index in [1.807, 2.05) is 11.8 Å². The van der Waals surface area contributed by atoms with E-state index in [0.29, 0.717) is 5.25 Å². The van der Waals surface area contributed by atoms with Crippen molar-refractivity contribution in [2.75, 3.05) is 0 Å². The van der Waals surface area contributed by atoms with Crippen molar-refractivity contribution < 1.29 is 0 Å². The molecule has 0 N–H and O–H groups in total. The fourth-order valence-corrected chi connectivity index (χ4v) is 4.59. The topological polar surface area (TPSA) is 12.4 Å². The Hall–Kier alpha value is -1.77. The maximum atomic E-state index is 6.21. The minimum Gasteiger partial charge on any atom is -0.252 e. The van der Waals surface area contributed by atoms with Crippen LogP contribution in [0.15, 0.2) is 82.2 Å². The van der Waals surface area contributed by atoms with Gasteiger partial charge in [-0.1, -0.05) is 60.2 Å². The maximum Gasteiger partial charge on any atom is 0.0769 e. The van der Waals surface area contributed by atoms with Crippen molar-refractivity contribution in [3.8, 4) is 0 Å². The van der Waals surface area contributed by atoms with E-state index in [4.69, 9.17) is 16.6 Å². The Kier molecular flexibility index (Phi) is 4.82. The molecule has 0 radical (unpaired) electrons. The number of halogens is 1. The summed E-state index contributed by atoms with van der Waals surface area (Å²) in [5.74, 6) is 0. The molecule has 2 aliphatic rings. The average Bonchev–Trinajstić information content (AvgIpc) is 2.82. The second-order valence-electron chi connectivity index (χ2n) is 6.52. The first-order chi connectivity index (χ1) is 12.2. The van der Waals surface area contributed by atoms with Crippen molar-refractivity contribution >= 4 is 34.8 Å². The lowest BCUT2D eigenvalue weighted by atomic mass is 9.97. The molecule has 4 rings (SSSR count). The molecule has 2 atom stereocenters. The van der Waals surface area contributed by atoms with Crippen LogP contribution >= 0.6 is 23.4 Å². The molecule has 0 fully saturated rings. The number of alkyl halides is 1. The van der Waals surface area contributed by atoms with Gasteiger partial charge in [-0.05, 0) is 36.6 Å². The van der Waals surface area contributed by atoms with Crippen LogP contribution in [-0.2, 0) is 0 Å². The van der Waals surface area contributed by atoms with Crippen molar-refractivity contribution in [3.63, 3.8) is 0 Å². The van der Waals surface area contributed by atoms with Gasteiger partial charge in [0.15, 0.2) is 0 Å². The molecule has 126 valence electrons. The monoisotopic (exact) mass is 365 g/mol. The number of hydrogen-bond donors (Lipinski definition) is 0. The molecule has 1 aliphatic carbocycles. The molecule has 0 bridgehead atoms. The Balaban J connectivity index is 1.74. The van der Waals surface area contributed by atoms with Gasteiger partial charge in [0.1, 0.15) is 0 Å². The molecule has 0 saturated heterocycles. The summed E-state index contributed by atoms with van der Waals surface area (Å²) in [6.07, 6.45) is 8.42. The van der Waals surface area contributed by atoms with Gasteiger partial charge in [-0.3, -0.25) is 4.99 Å². The number of para-hydroxylation sites is 1. The lowest BCUT2D eigenvalue weighted by Crippen LogP contribution is -2.14. The smallest absolute Gasteiger partial charge is 0.0769 e. The first-order valence-electron chi connectivity index (χ1n) is 8.61. The van der Waals surface area contributed by atoms with Crippen LogP contribution < -0.4 is 0 Å². The SMILES string of the molecule is Cc1ccc(C2=Nc3ccccc3SC(C3=CCC(Cl)C=C3)C2)cc1. The summed E-state index contributed by atoms with van der Waals surface area (Å²) in [5, 5.41) is 0.487. The Labute approximate surface area is 158 Å². The molecule has 0 aromatic heterocycles. The van der Waals surface area contributed by atoms with E-state index >= 15 is 0 Å². The van der Waals surface area contributed by atoms with E-state index in [9.17, 15) is 0 Å². The summed E-state index contributed by atoms with van der Waals surface area (Å²) in [4.78, 5) is 6.26. The van der Waals surface area contributed by atoms with E-state index < -0.39 is 0 Å². The highest BCUT2D eigenvalue weighted by molar-refractivity contribution is 8.00. The highest BCUT2D eigenvalue weighted by Crippen LogP contribution is 2.41. The van der Waals surface area contributed by atoms with Gasteiger partial charge in [0.05, 0.1) is 11.1 Å². The number of benzene rings is 2. The third-order valence-corrected chi connectivity index (χ3v) is 6.25. The Morgan fingerprint density at radius 2 is 1.88 bits per heavy atom. The molecular formula is C22H20ClNS. The molecule has 2 aromatic rings. The van der Waals surface area contributed by atoms with E-state index in [1.165, 1.54) is 21.6 Å². The van der Waals surface area contributed by atoms with Crippen LogP contribution in [0, 0.1) is 6.92 Å². The summed E-state index contributed by atoms with van der Waals surface area (Å²) in [6, 6.07) is 17.1. The highest BCUT2D eigenvalue weighted by atomic mass is 35.5. The molecule has 0 spiro atoms. The first-order valence-corrected chi connectivity index (χ1v) is 9.93. The second-order valence-corrected chi connectivity index (χ2v) is 8.32. The third-order valence-electron chi connectivity index (χ3n) is 4.60. The fourth-order valence-electron chi connectivity index (χ4n) is 3.17. The van der Waals surface area contributed by atoms with Crippen molar-refractivity contribution in [2.45, 2.75) is 35.3 Å². The number of allylic oxidation sites excluding steroid dienone is 3. The van der Waals surface area contributed by atoms with Crippen LogP contribution in [0.2, 0.25) is 0 Å². The number of aliphatic imine (C=N–C) groups is 1. The van der Waals surface area contributed by atoms with Crippen molar-refractivity contribution in [3.05, 3.63) is 83.5 Å². The van der Waals surface area contributed by atoms with Gasteiger partial charge in [-0.15, -0.1) is 23.4 Å². The van der Waals surface area contributed by atoms with Crippen LogP contribution in [0.3, 0.4) is 0 Å². The van der Waals surface area contributed by atoms with Gasteiger partial charge >= 0.3 is 0 Å². The maximum absolute atomic E-state index is 6.21. The fraction of sp³-hybridized carbons (Fsp3) is 0.227. The number of rotatable bonds is 2. The van der Waals surface area contributed by atoms with Crippen LogP contribution in [0.25, 0.3) is 0 Å². The first kappa shape index (κ1) is 16.7. The number of hydrogen-bond acceptors (Lipinski definition) is 2. The predicted octanol–water partition coefficient (Wildman–Crippen LogP) is 6.47. The Morgan fingerprint density at radius 1 is 1.08 bits per heavy atom.